The molecule has 38 heavy (non-hydrogen) atoms. The highest BCUT2D eigenvalue weighted by molar-refractivity contribution is 7.90. The number of anilines is 1. The highest BCUT2D eigenvalue weighted by Gasteiger charge is 2.53. The van der Waals surface area contributed by atoms with Gasteiger partial charge in [0.05, 0.1) is 17.8 Å². The minimum atomic E-state index is -4.97. The third-order valence-corrected chi connectivity index (χ3v) is 7.40. The van der Waals surface area contributed by atoms with E-state index in [1.807, 2.05) is 0 Å². The Kier molecular flexibility index (Phi) is 7.26. The van der Waals surface area contributed by atoms with E-state index >= 15 is 0 Å². The van der Waals surface area contributed by atoms with Crippen LogP contribution in [0.4, 0.5) is 27.6 Å². The van der Waals surface area contributed by atoms with Crippen LogP contribution in [0.2, 0.25) is 10.0 Å². The Morgan fingerprint density at radius 1 is 1.00 bits per heavy atom. The van der Waals surface area contributed by atoms with Gasteiger partial charge in [-0.15, -0.1) is 0 Å². The number of rotatable bonds is 6. The van der Waals surface area contributed by atoms with Crippen molar-refractivity contribution >= 4 is 56.8 Å². The molecule has 0 aromatic heterocycles. The molecule has 6 nitrogen and oxygen atoms in total. The number of nitrogens with zero attached hydrogens (tertiary/aromatic N) is 1. The van der Waals surface area contributed by atoms with Crippen LogP contribution in [0.3, 0.4) is 0 Å². The molecule has 1 aliphatic rings. The van der Waals surface area contributed by atoms with E-state index in [-0.39, 0.29) is 40.0 Å². The molecule has 0 unspecified atom stereocenters. The average molecular weight is 591 g/mol. The lowest BCUT2D eigenvalue weighted by atomic mass is 10.0. The van der Waals surface area contributed by atoms with Crippen LogP contribution in [0.1, 0.15) is 16.7 Å². The fourth-order valence-electron chi connectivity index (χ4n) is 3.70. The van der Waals surface area contributed by atoms with Gasteiger partial charge >= 0.3 is 11.8 Å². The number of nitrogens with one attached hydrogen (secondary N) is 1. The number of halogens is 7. The van der Waals surface area contributed by atoms with E-state index in [1.165, 1.54) is 35.1 Å². The number of para-hydroxylation sites is 1. The maximum absolute atomic E-state index is 14.8. The molecule has 0 atom stereocenters. The molecule has 0 spiro atoms. The molecule has 0 fully saturated rings. The SMILES string of the molecule is O=C(/C=C/c1cccc2c1N(Cc1ccc(Cl)cc1Cl)C(=O)C2(F)F)NS(=O)(=O)c1cc(F)c(F)cc1F. The number of fused-ring (bicyclic) bond motifs is 1. The van der Waals surface area contributed by atoms with Crippen molar-refractivity contribution in [1.29, 1.82) is 0 Å². The fraction of sp³-hybridized carbons (Fsp3) is 0.0833. The standard InChI is InChI=1S/C24H13Cl2F5N2O4S/c25-14-6-4-13(16(26)8-14)11-33-22-12(2-1-3-15(22)24(30,31)23(33)35)5-7-21(34)32-38(36,37)20-10-18(28)17(27)9-19(20)29/h1-10H,11H2,(H,32,34)/b7-5+. The van der Waals surface area contributed by atoms with E-state index in [0.29, 0.717) is 11.6 Å². The van der Waals surface area contributed by atoms with Crippen LogP contribution in [0.5, 0.6) is 0 Å². The Balaban J connectivity index is 1.65. The van der Waals surface area contributed by atoms with Crippen LogP contribution in [0.15, 0.2) is 59.5 Å². The van der Waals surface area contributed by atoms with Crippen molar-refractivity contribution < 1.29 is 40.0 Å². The highest BCUT2D eigenvalue weighted by atomic mass is 35.5. The molecule has 2 amide bonds. The average Bonchev–Trinajstić information content (AvgIpc) is 3.02. The van der Waals surface area contributed by atoms with E-state index in [4.69, 9.17) is 23.2 Å². The number of sulfonamides is 1. The topological polar surface area (TPSA) is 83.6 Å². The summed E-state index contributed by atoms with van der Waals surface area (Å²) < 4.78 is 96.1. The van der Waals surface area contributed by atoms with Gasteiger partial charge in [0.25, 0.3) is 15.9 Å². The largest absolute Gasteiger partial charge is 0.352 e. The Bertz CT molecular complexity index is 1630. The van der Waals surface area contributed by atoms with E-state index < -0.39 is 55.7 Å². The Labute approximate surface area is 222 Å². The van der Waals surface area contributed by atoms with Crippen LogP contribution >= 0.6 is 23.2 Å². The minimum absolute atomic E-state index is 0.00377. The zero-order valence-corrected chi connectivity index (χ0v) is 20.9. The summed E-state index contributed by atoms with van der Waals surface area (Å²) >= 11 is 12.0. The third-order valence-electron chi connectivity index (χ3n) is 5.45. The molecule has 4 rings (SSSR count). The van der Waals surface area contributed by atoms with Crippen molar-refractivity contribution in [3.05, 3.63) is 98.8 Å². The summed E-state index contributed by atoms with van der Waals surface area (Å²) in [6.45, 7) is -0.377. The van der Waals surface area contributed by atoms with Gasteiger partial charge < -0.3 is 4.90 Å². The lowest BCUT2D eigenvalue weighted by Crippen LogP contribution is -2.34. The van der Waals surface area contributed by atoms with Crippen molar-refractivity contribution in [1.82, 2.24) is 4.72 Å². The van der Waals surface area contributed by atoms with Gasteiger partial charge in [0.2, 0.25) is 0 Å². The molecule has 1 aliphatic heterocycles. The van der Waals surface area contributed by atoms with Gasteiger partial charge in [-0.25, -0.2) is 26.3 Å². The Hall–Kier alpha value is -3.48. The Morgan fingerprint density at radius 3 is 2.37 bits per heavy atom. The second-order valence-corrected chi connectivity index (χ2v) is 10.4. The lowest BCUT2D eigenvalue weighted by Gasteiger charge is -2.20. The molecule has 3 aromatic carbocycles. The number of carbonyl (C=O) groups excluding carboxylic acids is 2. The van der Waals surface area contributed by atoms with Crippen LogP contribution in [-0.2, 0) is 32.1 Å². The maximum Gasteiger partial charge on any atom is 0.352 e. The molecule has 3 aromatic rings. The van der Waals surface area contributed by atoms with Crippen LogP contribution in [-0.4, -0.2) is 20.2 Å². The maximum atomic E-state index is 14.8. The molecular weight excluding hydrogens is 578 g/mol. The molecule has 0 aliphatic carbocycles. The van der Waals surface area contributed by atoms with Gasteiger partial charge in [-0.3, -0.25) is 9.59 Å². The summed E-state index contributed by atoms with van der Waals surface area (Å²) in [6.07, 6.45) is 1.58. The molecule has 0 bridgehead atoms. The van der Waals surface area contributed by atoms with E-state index in [9.17, 15) is 40.0 Å². The predicted octanol–water partition coefficient (Wildman–Crippen LogP) is 5.57. The minimum Gasteiger partial charge on any atom is -0.301 e. The first kappa shape index (κ1) is 27.6. The van der Waals surface area contributed by atoms with E-state index in [0.717, 1.165) is 17.0 Å². The monoisotopic (exact) mass is 590 g/mol. The molecule has 198 valence electrons. The number of alkyl halides is 2. The van der Waals surface area contributed by atoms with Crippen molar-refractivity contribution in [2.45, 2.75) is 17.4 Å². The normalized spacial score (nSPS) is 14.7. The van der Waals surface area contributed by atoms with E-state index in [2.05, 4.69) is 0 Å². The summed E-state index contributed by atoms with van der Waals surface area (Å²) in [7, 11) is -4.97. The number of carbonyl (C=O) groups is 2. The van der Waals surface area contributed by atoms with Gasteiger partial charge in [-0.2, -0.15) is 8.78 Å². The summed E-state index contributed by atoms with van der Waals surface area (Å²) in [4.78, 5) is 24.3. The second-order valence-electron chi connectivity index (χ2n) is 7.94. The third kappa shape index (κ3) is 5.11. The van der Waals surface area contributed by atoms with Crippen LogP contribution in [0.25, 0.3) is 6.08 Å². The van der Waals surface area contributed by atoms with Crippen molar-refractivity contribution in [2.75, 3.05) is 4.90 Å². The number of hydrogen-bond donors (Lipinski definition) is 1. The summed E-state index contributed by atoms with van der Waals surface area (Å²) in [5.41, 5.74) is -0.687. The number of benzene rings is 3. The van der Waals surface area contributed by atoms with Gasteiger partial charge in [0.1, 0.15) is 10.7 Å². The van der Waals surface area contributed by atoms with Gasteiger partial charge in [0.15, 0.2) is 11.6 Å². The molecule has 0 radical (unpaired) electrons. The second kappa shape index (κ2) is 10.0. The fourth-order valence-corrected chi connectivity index (χ4v) is 5.19. The zero-order chi connectivity index (χ0) is 28.0. The quantitative estimate of drug-likeness (QED) is 0.231. The predicted molar refractivity (Wildman–Crippen MR) is 129 cm³/mol. The number of amides is 2. The summed E-state index contributed by atoms with van der Waals surface area (Å²) in [5, 5.41) is 0.397. The van der Waals surface area contributed by atoms with Crippen molar-refractivity contribution in [3.8, 4) is 0 Å². The molecule has 0 saturated heterocycles. The smallest absolute Gasteiger partial charge is 0.301 e. The van der Waals surface area contributed by atoms with Crippen LogP contribution < -0.4 is 9.62 Å². The highest BCUT2D eigenvalue weighted by Crippen LogP contribution is 2.47. The van der Waals surface area contributed by atoms with Gasteiger partial charge in [-0.05, 0) is 29.3 Å². The lowest BCUT2D eigenvalue weighted by molar-refractivity contribution is -0.141. The molecule has 1 N–H and O–H groups in total. The first-order valence-electron chi connectivity index (χ1n) is 10.4. The molecule has 0 saturated carbocycles. The van der Waals surface area contributed by atoms with Crippen LogP contribution in [0, 0.1) is 17.5 Å². The first-order chi connectivity index (χ1) is 17.7. The molecule has 14 heteroatoms. The molecule has 1 heterocycles. The first-order valence-corrected chi connectivity index (χ1v) is 12.6. The van der Waals surface area contributed by atoms with Gasteiger partial charge in [0, 0.05) is 28.3 Å². The van der Waals surface area contributed by atoms with Crippen molar-refractivity contribution in [3.63, 3.8) is 0 Å². The van der Waals surface area contributed by atoms with Gasteiger partial charge in [-0.1, -0.05) is 47.5 Å². The van der Waals surface area contributed by atoms with Crippen molar-refractivity contribution in [2.24, 2.45) is 0 Å². The Morgan fingerprint density at radius 2 is 1.68 bits per heavy atom. The summed E-state index contributed by atoms with van der Waals surface area (Å²) in [5.74, 6) is -11.8. The number of hydrogen-bond acceptors (Lipinski definition) is 4. The molecular formula is C24H13Cl2F5N2O4S. The zero-order valence-electron chi connectivity index (χ0n) is 18.6. The summed E-state index contributed by atoms with van der Waals surface area (Å²) in [6, 6.07) is 7.82. The van der Waals surface area contributed by atoms with E-state index in [1.54, 1.807) is 0 Å².